The van der Waals surface area contributed by atoms with Gasteiger partial charge in [-0.05, 0) is 61.9 Å². The van der Waals surface area contributed by atoms with E-state index < -0.39 is 6.04 Å². The van der Waals surface area contributed by atoms with Gasteiger partial charge in [-0.25, -0.2) is 4.99 Å². The summed E-state index contributed by atoms with van der Waals surface area (Å²) in [6, 6.07) is 25.1. The Kier molecular flexibility index (Phi) is 7.26. The number of aromatic nitrogens is 1. The van der Waals surface area contributed by atoms with Gasteiger partial charge in [0.2, 0.25) is 0 Å². The van der Waals surface area contributed by atoms with E-state index in [0.717, 1.165) is 11.1 Å². The quantitative estimate of drug-likeness (QED) is 0.243. The summed E-state index contributed by atoms with van der Waals surface area (Å²) in [5.41, 5.74) is 3.94. The lowest BCUT2D eigenvalue weighted by atomic mass is 9.94. The van der Waals surface area contributed by atoms with Crippen LogP contribution in [0.15, 0.2) is 110 Å². The molecule has 0 bridgehead atoms. The van der Waals surface area contributed by atoms with Gasteiger partial charge in [0.05, 0.1) is 26.9 Å². The topological polar surface area (TPSA) is 76.6 Å². The number of hydrogen-bond acceptors (Lipinski definition) is 5. The van der Waals surface area contributed by atoms with Crippen LogP contribution in [0.25, 0.3) is 17.4 Å². The van der Waals surface area contributed by atoms with E-state index in [0.29, 0.717) is 53.4 Å². The van der Waals surface area contributed by atoms with E-state index in [2.05, 4.69) is 5.32 Å². The predicted octanol–water partition coefficient (Wildman–Crippen LogP) is 6.75. The van der Waals surface area contributed by atoms with Crippen LogP contribution in [0.5, 0.6) is 0 Å². The molecule has 0 saturated carbocycles. The average molecular weight is 601 g/mol. The Morgan fingerprint density at radius 2 is 1.76 bits per heavy atom. The Bertz CT molecular complexity index is 2010. The monoisotopic (exact) mass is 599 g/mol. The maximum Gasteiger partial charge on any atom is 0.271 e. The molecule has 204 valence electrons. The number of amides is 1. The van der Waals surface area contributed by atoms with Crippen molar-refractivity contribution in [1.29, 1.82) is 0 Å². The second-order valence-corrected chi connectivity index (χ2v) is 11.5. The second kappa shape index (κ2) is 11.0. The number of benzene rings is 3. The lowest BCUT2D eigenvalue weighted by Gasteiger charge is -2.25. The molecule has 0 aliphatic carbocycles. The van der Waals surface area contributed by atoms with Crippen LogP contribution in [0, 0.1) is 6.92 Å². The van der Waals surface area contributed by atoms with Crippen LogP contribution < -0.4 is 20.2 Å². The minimum absolute atomic E-state index is 0.265. The molecule has 1 atom stereocenters. The van der Waals surface area contributed by atoms with Gasteiger partial charge in [-0.1, -0.05) is 82.6 Å². The molecule has 1 unspecified atom stereocenters. The van der Waals surface area contributed by atoms with Crippen molar-refractivity contribution >= 4 is 52.2 Å². The first-order valence-electron chi connectivity index (χ1n) is 12.8. The fourth-order valence-corrected chi connectivity index (χ4v) is 6.32. The van der Waals surface area contributed by atoms with Crippen LogP contribution in [0.2, 0.25) is 10.0 Å². The Morgan fingerprint density at radius 1 is 1.00 bits per heavy atom. The van der Waals surface area contributed by atoms with Crippen molar-refractivity contribution in [1.82, 2.24) is 4.57 Å². The first-order valence-corrected chi connectivity index (χ1v) is 14.4. The number of nitrogens with one attached hydrogen (secondary N) is 1. The average Bonchev–Trinajstić information content (AvgIpc) is 3.53. The van der Waals surface area contributed by atoms with Crippen LogP contribution >= 0.6 is 34.5 Å². The third-order valence-corrected chi connectivity index (χ3v) is 8.32. The lowest BCUT2D eigenvalue weighted by Crippen LogP contribution is -2.40. The van der Waals surface area contributed by atoms with Gasteiger partial charge in [0.1, 0.15) is 11.5 Å². The van der Waals surface area contributed by atoms with E-state index in [-0.39, 0.29) is 11.5 Å². The van der Waals surface area contributed by atoms with Crippen LogP contribution in [0.3, 0.4) is 0 Å². The maximum absolute atomic E-state index is 13.9. The molecule has 1 amide bonds. The minimum Gasteiger partial charge on any atom is -0.457 e. The van der Waals surface area contributed by atoms with Crippen molar-refractivity contribution in [3.05, 3.63) is 143 Å². The summed E-state index contributed by atoms with van der Waals surface area (Å²) in [5.74, 6) is 0.729. The molecule has 5 aromatic rings. The van der Waals surface area contributed by atoms with Crippen LogP contribution in [0.4, 0.5) is 5.69 Å². The number of carbonyl (C=O) groups excluding carboxylic acids is 1. The Morgan fingerprint density at radius 3 is 2.49 bits per heavy atom. The third kappa shape index (κ3) is 5.32. The summed E-state index contributed by atoms with van der Waals surface area (Å²) >= 11 is 13.6. The van der Waals surface area contributed by atoms with Crippen molar-refractivity contribution in [2.75, 3.05) is 5.32 Å². The van der Waals surface area contributed by atoms with E-state index in [1.807, 2.05) is 61.5 Å². The zero-order valence-electron chi connectivity index (χ0n) is 22.0. The predicted molar refractivity (Wildman–Crippen MR) is 164 cm³/mol. The van der Waals surface area contributed by atoms with Crippen molar-refractivity contribution < 1.29 is 9.21 Å². The van der Waals surface area contributed by atoms with Crippen LogP contribution in [-0.4, -0.2) is 10.5 Å². The number of rotatable bonds is 5. The highest BCUT2D eigenvalue weighted by Crippen LogP contribution is 2.33. The number of carbonyl (C=O) groups is 1. The number of allylic oxidation sites excluding steroid dienone is 1. The Labute approximate surface area is 249 Å². The molecule has 0 radical (unpaired) electrons. The maximum atomic E-state index is 13.9. The standard InChI is InChI=1S/C32H23Cl2N3O3S/c1-18-8-10-20(11-9-18)29-28(30(38)36-22-6-4-3-5-7-22)19(2)35-32-37(29)31(39)27(41-32)17-23-13-15-26(40-23)24-14-12-21(33)16-25(24)34/h3-17,29H,1-2H3,(H,36,38)/b27-17-. The van der Waals surface area contributed by atoms with Crippen molar-refractivity contribution in [3.8, 4) is 11.3 Å². The fraction of sp³-hybridized carbons (Fsp3) is 0.0938. The molecule has 0 spiro atoms. The van der Waals surface area contributed by atoms with E-state index in [4.69, 9.17) is 32.6 Å². The minimum atomic E-state index is -0.655. The molecule has 0 fully saturated rings. The summed E-state index contributed by atoms with van der Waals surface area (Å²) in [4.78, 5) is 32.8. The van der Waals surface area contributed by atoms with E-state index in [9.17, 15) is 9.59 Å². The zero-order valence-corrected chi connectivity index (χ0v) is 24.3. The Hall–Kier alpha value is -4.17. The van der Waals surface area contributed by atoms with Gasteiger partial charge in [-0.2, -0.15) is 0 Å². The van der Waals surface area contributed by atoms with Crippen LogP contribution in [-0.2, 0) is 4.79 Å². The third-order valence-electron chi connectivity index (χ3n) is 6.79. The molecule has 1 N–H and O–H groups in total. The van der Waals surface area contributed by atoms with E-state index in [1.54, 1.807) is 47.9 Å². The molecule has 9 heteroatoms. The van der Waals surface area contributed by atoms with Crippen molar-refractivity contribution in [2.45, 2.75) is 19.9 Å². The van der Waals surface area contributed by atoms with E-state index >= 15 is 0 Å². The molecule has 0 saturated heterocycles. The van der Waals surface area contributed by atoms with Gasteiger partial charge in [-0.15, -0.1) is 0 Å². The summed E-state index contributed by atoms with van der Waals surface area (Å²) in [6.07, 6.45) is 1.69. The fourth-order valence-electron chi connectivity index (χ4n) is 4.79. The molecule has 1 aliphatic rings. The number of thiazole rings is 1. The first-order chi connectivity index (χ1) is 19.8. The molecule has 6 rings (SSSR count). The number of nitrogens with zero attached hydrogens (tertiary/aromatic N) is 2. The molecule has 3 aromatic carbocycles. The zero-order chi connectivity index (χ0) is 28.7. The van der Waals surface area contributed by atoms with Gasteiger partial charge in [0.25, 0.3) is 11.5 Å². The molecular weight excluding hydrogens is 577 g/mol. The number of furan rings is 1. The van der Waals surface area contributed by atoms with E-state index in [1.165, 1.54) is 11.3 Å². The summed E-state index contributed by atoms with van der Waals surface area (Å²) in [5, 5.41) is 3.96. The summed E-state index contributed by atoms with van der Waals surface area (Å²) in [6.45, 7) is 3.79. The molecule has 2 aromatic heterocycles. The van der Waals surface area contributed by atoms with Gasteiger partial charge in [-0.3, -0.25) is 14.2 Å². The number of anilines is 1. The molecule has 6 nitrogen and oxygen atoms in total. The summed E-state index contributed by atoms with van der Waals surface area (Å²) < 4.78 is 8.05. The summed E-state index contributed by atoms with van der Waals surface area (Å²) in [7, 11) is 0. The van der Waals surface area contributed by atoms with Gasteiger partial charge < -0.3 is 9.73 Å². The number of aryl methyl sites for hydroxylation is 1. The lowest BCUT2D eigenvalue weighted by molar-refractivity contribution is -0.113. The number of para-hydroxylation sites is 1. The highest BCUT2D eigenvalue weighted by Gasteiger charge is 2.32. The first kappa shape index (κ1) is 27.0. The molecule has 3 heterocycles. The second-order valence-electron chi connectivity index (χ2n) is 9.64. The highest BCUT2D eigenvalue weighted by atomic mass is 35.5. The largest absolute Gasteiger partial charge is 0.457 e. The molecule has 1 aliphatic heterocycles. The van der Waals surface area contributed by atoms with Gasteiger partial charge in [0.15, 0.2) is 4.80 Å². The Balaban J connectivity index is 1.45. The van der Waals surface area contributed by atoms with Gasteiger partial charge >= 0.3 is 0 Å². The number of hydrogen-bond donors (Lipinski definition) is 1. The normalized spacial score (nSPS) is 15.0. The van der Waals surface area contributed by atoms with Crippen molar-refractivity contribution in [3.63, 3.8) is 0 Å². The highest BCUT2D eigenvalue weighted by molar-refractivity contribution is 7.07. The van der Waals surface area contributed by atoms with Gasteiger partial charge in [0, 0.05) is 22.3 Å². The number of halogens is 2. The number of fused-ring (bicyclic) bond motifs is 1. The molecular formula is C32H23Cl2N3O3S. The SMILES string of the molecule is CC1=C(C(=O)Nc2ccccc2)C(c2ccc(C)cc2)n2c(s/c(=C\c3ccc(-c4ccc(Cl)cc4Cl)o3)c2=O)=N1. The molecule has 41 heavy (non-hydrogen) atoms. The van der Waals surface area contributed by atoms with Crippen molar-refractivity contribution in [2.24, 2.45) is 4.99 Å². The smallest absolute Gasteiger partial charge is 0.271 e. The van der Waals surface area contributed by atoms with Crippen LogP contribution in [0.1, 0.15) is 29.9 Å².